The molecule has 22 nitrogen and oxygen atoms in total. The zero-order valence-corrected chi connectivity index (χ0v) is 44.7. The molecule has 434 valence electrons. The van der Waals surface area contributed by atoms with E-state index in [9.17, 15) is 71.5 Å². The molecule has 22 heteroatoms. The van der Waals surface area contributed by atoms with Gasteiger partial charge in [-0.05, 0) is 131 Å². The summed E-state index contributed by atoms with van der Waals surface area (Å²) in [5.74, 6) is -0.0990. The Morgan fingerprint density at radius 2 is 1.15 bits per heavy atom. The summed E-state index contributed by atoms with van der Waals surface area (Å²) in [5, 5.41) is 152. The lowest BCUT2D eigenvalue weighted by Crippen LogP contribution is -2.66. The molecule has 0 aromatic rings. The van der Waals surface area contributed by atoms with E-state index >= 15 is 0 Å². The first-order valence-electron chi connectivity index (χ1n) is 27.4. The standard InChI is InChI=1S/C53H90O22/c1-22(2)10-9-15-53(8,75-48-44(67)40(63)37(60)31(72-48)21-68-46-42(65)38(61)34(57)23(3)69-46)26-14-17-52(7)33(26)28(56)18-27-24-11-12-32(50(4,5)25(24)13-16-51(27,52)6)73-49-45(41(64)36(59)30(20-55)71-49)74-47-43(66)39(62)35(58)29(19-54)70-47/h10,23-49,54-67H,9,11-21H2,1-8H3/t23-,24?,25?,26?,27?,28?,29-,30-,31-,32?,33?,34-,35-,36-,37-,38-,39+,40+,41+,42-,43-,44-,45-,46-,47+,48+,49+,51?,52?,53?/m1/s1. The predicted octanol–water partition coefficient (Wildman–Crippen LogP) is -1.57. The second-order valence-corrected chi connectivity index (χ2v) is 25.0. The fraction of sp³-hybridized carbons (Fsp3) is 0.962. The Kier molecular flexibility index (Phi) is 18.4. The molecule has 8 fully saturated rings. The maximum absolute atomic E-state index is 12.7. The van der Waals surface area contributed by atoms with Gasteiger partial charge in [0.25, 0.3) is 0 Å². The molecule has 0 spiro atoms. The van der Waals surface area contributed by atoms with E-state index < -0.39 is 166 Å². The number of rotatable bonds is 15. The molecule has 8 aliphatic rings. The lowest BCUT2D eigenvalue weighted by molar-refractivity contribution is -0.377. The van der Waals surface area contributed by atoms with Gasteiger partial charge < -0.3 is 109 Å². The van der Waals surface area contributed by atoms with Gasteiger partial charge in [-0.25, -0.2) is 0 Å². The summed E-state index contributed by atoms with van der Waals surface area (Å²) in [7, 11) is 0. The van der Waals surface area contributed by atoms with Crippen molar-refractivity contribution in [3.8, 4) is 0 Å². The van der Waals surface area contributed by atoms with Crippen molar-refractivity contribution >= 4 is 0 Å². The molecule has 4 saturated heterocycles. The van der Waals surface area contributed by atoms with Crippen molar-refractivity contribution in [2.45, 2.75) is 254 Å². The molecule has 8 rings (SSSR count). The lowest BCUT2D eigenvalue weighted by Gasteiger charge is -2.67. The summed E-state index contributed by atoms with van der Waals surface area (Å²) < 4.78 is 49.0. The number of aliphatic hydroxyl groups is 14. The van der Waals surface area contributed by atoms with E-state index in [0.717, 1.165) is 31.3 Å². The van der Waals surface area contributed by atoms with Crippen LogP contribution in [0.1, 0.15) is 113 Å². The molecule has 4 heterocycles. The molecule has 0 radical (unpaired) electrons. The summed E-state index contributed by atoms with van der Waals surface area (Å²) in [5.41, 5.74) is -1.07. The van der Waals surface area contributed by atoms with Gasteiger partial charge in [0.2, 0.25) is 0 Å². The van der Waals surface area contributed by atoms with Crippen LogP contribution in [0.15, 0.2) is 11.6 Å². The molecular weight excluding hydrogens is 989 g/mol. The highest BCUT2D eigenvalue weighted by Gasteiger charge is 2.70. The zero-order chi connectivity index (χ0) is 55.0. The van der Waals surface area contributed by atoms with E-state index in [1.54, 1.807) is 0 Å². The lowest BCUT2D eigenvalue weighted by atomic mass is 9.39. The first-order valence-corrected chi connectivity index (χ1v) is 27.4. The van der Waals surface area contributed by atoms with Crippen molar-refractivity contribution in [1.82, 2.24) is 0 Å². The van der Waals surface area contributed by atoms with E-state index in [-0.39, 0.29) is 40.4 Å². The Morgan fingerprint density at radius 1 is 0.587 bits per heavy atom. The van der Waals surface area contributed by atoms with Crippen LogP contribution in [0.2, 0.25) is 0 Å². The number of hydrogen-bond acceptors (Lipinski definition) is 22. The number of aliphatic hydroxyl groups excluding tert-OH is 14. The van der Waals surface area contributed by atoms with E-state index in [1.165, 1.54) is 6.92 Å². The van der Waals surface area contributed by atoms with Gasteiger partial charge in [0, 0.05) is 0 Å². The van der Waals surface area contributed by atoms with Crippen molar-refractivity contribution in [3.63, 3.8) is 0 Å². The van der Waals surface area contributed by atoms with Crippen molar-refractivity contribution < 1.29 is 109 Å². The minimum absolute atomic E-state index is 0.103. The Bertz CT molecular complexity index is 1930. The molecule has 0 aromatic heterocycles. The van der Waals surface area contributed by atoms with Crippen molar-refractivity contribution in [3.05, 3.63) is 11.6 Å². The van der Waals surface area contributed by atoms with Crippen LogP contribution in [0.4, 0.5) is 0 Å². The van der Waals surface area contributed by atoms with Crippen LogP contribution in [0, 0.1) is 45.8 Å². The van der Waals surface area contributed by atoms with Gasteiger partial charge in [-0.3, -0.25) is 0 Å². The van der Waals surface area contributed by atoms with E-state index in [4.69, 9.17) is 37.9 Å². The van der Waals surface area contributed by atoms with Gasteiger partial charge in [-0.2, -0.15) is 0 Å². The van der Waals surface area contributed by atoms with Crippen LogP contribution in [0.25, 0.3) is 0 Å². The summed E-state index contributed by atoms with van der Waals surface area (Å²) >= 11 is 0. The average Bonchev–Trinajstić information content (AvgIpc) is 3.76. The molecule has 75 heavy (non-hydrogen) atoms. The monoisotopic (exact) mass is 1080 g/mol. The second kappa shape index (κ2) is 23.0. The normalized spacial score (nSPS) is 52.7. The van der Waals surface area contributed by atoms with E-state index in [1.807, 2.05) is 20.8 Å². The van der Waals surface area contributed by atoms with Crippen LogP contribution >= 0.6 is 0 Å². The molecular formula is C53H90O22. The Morgan fingerprint density at radius 3 is 1.79 bits per heavy atom. The van der Waals surface area contributed by atoms with Crippen LogP contribution < -0.4 is 0 Å². The topological polar surface area (TPSA) is 357 Å². The van der Waals surface area contributed by atoms with Crippen LogP contribution in [0.5, 0.6) is 0 Å². The molecule has 0 amide bonds. The summed E-state index contributed by atoms with van der Waals surface area (Å²) in [6, 6.07) is 0. The van der Waals surface area contributed by atoms with Crippen molar-refractivity contribution in [1.29, 1.82) is 0 Å². The number of allylic oxidation sites excluding steroid dienone is 2. The number of hydrogen-bond donors (Lipinski definition) is 14. The third kappa shape index (κ3) is 10.8. The molecule has 14 N–H and O–H groups in total. The van der Waals surface area contributed by atoms with Crippen molar-refractivity contribution in [2.24, 2.45) is 45.8 Å². The summed E-state index contributed by atoms with van der Waals surface area (Å²) in [6.07, 6.45) is -23.4. The average molecular weight is 1080 g/mol. The third-order valence-corrected chi connectivity index (χ3v) is 20.3. The number of fused-ring (bicyclic) bond motifs is 5. The first-order chi connectivity index (χ1) is 35.1. The second-order valence-electron chi connectivity index (χ2n) is 25.0. The molecule has 4 aliphatic carbocycles. The molecule has 0 aromatic carbocycles. The number of ether oxygens (including phenoxy) is 8. The highest BCUT2D eigenvalue weighted by Crippen LogP contribution is 2.73. The first kappa shape index (κ1) is 60.0. The van der Waals surface area contributed by atoms with E-state index in [2.05, 4.69) is 33.8 Å². The van der Waals surface area contributed by atoms with Gasteiger partial charge in [0.1, 0.15) is 91.6 Å². The smallest absolute Gasteiger partial charge is 0.187 e. The fourth-order valence-corrected chi connectivity index (χ4v) is 15.5. The molecule has 4 saturated carbocycles. The predicted molar refractivity (Wildman–Crippen MR) is 260 cm³/mol. The van der Waals surface area contributed by atoms with Gasteiger partial charge in [-0.15, -0.1) is 0 Å². The summed E-state index contributed by atoms with van der Waals surface area (Å²) in [6.45, 7) is 14.6. The molecule has 10 unspecified atom stereocenters. The maximum atomic E-state index is 12.7. The minimum Gasteiger partial charge on any atom is -0.394 e. The van der Waals surface area contributed by atoms with Crippen LogP contribution in [-0.2, 0) is 37.9 Å². The molecule has 0 bridgehead atoms. The SMILES string of the molecule is CC(C)=CCCC(C)(O[C@@H]1O[C@H](CO[C@@H]2O[C@H](C)[C@@H](O)[C@@H](O)[C@H]2O)[C@@H](O)[C@H](O)[C@H]1O)C1CCC2(C)C1C(O)CC1C3CCC(O[C@@H]4O[C@H](CO)[C@@H](O)[C@H](O)[C@H]4O[C@@H]4O[C@H](CO)[C@@H](O)[C@H](O)[C@H]4O)C(C)(C)C3CCC12C. The van der Waals surface area contributed by atoms with Gasteiger partial charge in [0.15, 0.2) is 25.2 Å². The van der Waals surface area contributed by atoms with Crippen LogP contribution in [0.3, 0.4) is 0 Å². The molecule has 30 atom stereocenters. The Hall–Kier alpha value is -1.14. The highest BCUT2D eigenvalue weighted by molar-refractivity contribution is 5.18. The zero-order valence-electron chi connectivity index (χ0n) is 44.7. The van der Waals surface area contributed by atoms with Crippen LogP contribution in [-0.4, -0.2) is 232 Å². The van der Waals surface area contributed by atoms with Gasteiger partial charge in [-0.1, -0.05) is 39.3 Å². The largest absolute Gasteiger partial charge is 0.394 e. The van der Waals surface area contributed by atoms with Gasteiger partial charge in [0.05, 0.1) is 43.7 Å². The minimum atomic E-state index is -1.81. The Balaban J connectivity index is 0.993. The quantitative estimate of drug-likeness (QED) is 0.0651. The van der Waals surface area contributed by atoms with Crippen molar-refractivity contribution in [2.75, 3.05) is 19.8 Å². The van der Waals surface area contributed by atoms with E-state index in [0.29, 0.717) is 32.1 Å². The highest BCUT2D eigenvalue weighted by atomic mass is 16.8. The fourth-order valence-electron chi connectivity index (χ4n) is 15.5. The Labute approximate surface area is 439 Å². The summed E-state index contributed by atoms with van der Waals surface area (Å²) in [4.78, 5) is 0. The van der Waals surface area contributed by atoms with Gasteiger partial charge >= 0.3 is 0 Å². The molecule has 4 aliphatic heterocycles. The third-order valence-electron chi connectivity index (χ3n) is 20.3. The maximum Gasteiger partial charge on any atom is 0.187 e.